The summed E-state index contributed by atoms with van der Waals surface area (Å²) in [5.74, 6) is 0.0431. The van der Waals surface area contributed by atoms with Gasteiger partial charge in [0.25, 0.3) is 5.91 Å². The first-order valence-corrected chi connectivity index (χ1v) is 11.2. The zero-order valence-electron chi connectivity index (χ0n) is 17.3. The number of benzene rings is 2. The number of fused-ring (bicyclic) bond motifs is 3. The van der Waals surface area contributed by atoms with Crippen LogP contribution in [0.5, 0.6) is 0 Å². The standard InChI is InChI=1S/C24H26BrN3O.ClH/c1-27-16-11-12-17(27)14-15(13-16)26-24(29)22-19-8-4-6-10-21(19)28(2)23(22)18-7-3-5-9-20(18)25;/h3-10,15-17H,11-14H2,1-2H3,(H,26,29);1H/t15-,16+,17-;. The van der Waals surface area contributed by atoms with Gasteiger partial charge in [-0.3, -0.25) is 4.79 Å². The monoisotopic (exact) mass is 487 g/mol. The van der Waals surface area contributed by atoms with Gasteiger partial charge in [0.2, 0.25) is 0 Å². The quantitative estimate of drug-likeness (QED) is 0.537. The Labute approximate surface area is 192 Å². The summed E-state index contributed by atoms with van der Waals surface area (Å²) < 4.78 is 3.14. The zero-order chi connectivity index (χ0) is 20.1. The van der Waals surface area contributed by atoms with E-state index < -0.39 is 0 Å². The Morgan fingerprint density at radius 3 is 2.33 bits per heavy atom. The van der Waals surface area contributed by atoms with Crippen LogP contribution in [-0.4, -0.2) is 40.5 Å². The maximum absolute atomic E-state index is 13.6. The topological polar surface area (TPSA) is 37.3 Å². The highest BCUT2D eigenvalue weighted by molar-refractivity contribution is 9.10. The molecule has 2 aliphatic rings. The van der Waals surface area contributed by atoms with Gasteiger partial charge in [-0.15, -0.1) is 12.4 Å². The number of hydrogen-bond donors (Lipinski definition) is 1. The molecule has 158 valence electrons. The summed E-state index contributed by atoms with van der Waals surface area (Å²) in [5, 5.41) is 4.41. The predicted octanol–water partition coefficient (Wildman–Crippen LogP) is 5.38. The molecule has 2 saturated heterocycles. The normalized spacial score (nSPS) is 23.4. The molecular weight excluding hydrogens is 462 g/mol. The van der Waals surface area contributed by atoms with Crippen molar-refractivity contribution in [1.29, 1.82) is 0 Å². The Bertz CT molecular complexity index is 1080. The van der Waals surface area contributed by atoms with Crippen LogP contribution in [0.2, 0.25) is 0 Å². The van der Waals surface area contributed by atoms with Gasteiger partial charge in [0, 0.05) is 46.1 Å². The molecule has 2 bridgehead atoms. The number of aryl methyl sites for hydroxylation is 1. The molecule has 2 aromatic carbocycles. The SMILES string of the molecule is CN1[C@@H]2CC[C@H]1C[C@@H](NC(=O)c1c(-c3ccccc3Br)n(C)c3ccccc13)C2.Cl. The van der Waals surface area contributed by atoms with Crippen LogP contribution in [0, 0.1) is 0 Å². The Morgan fingerprint density at radius 1 is 1.00 bits per heavy atom. The fraction of sp³-hybridized carbons (Fsp3) is 0.375. The Balaban J connectivity index is 0.00000218. The minimum absolute atomic E-state index is 0. The number of carbonyl (C=O) groups excluding carboxylic acids is 1. The van der Waals surface area contributed by atoms with Crippen LogP contribution in [0.15, 0.2) is 53.0 Å². The van der Waals surface area contributed by atoms with Crippen molar-refractivity contribution in [3.8, 4) is 11.3 Å². The number of carbonyl (C=O) groups is 1. The Morgan fingerprint density at radius 2 is 1.63 bits per heavy atom. The van der Waals surface area contributed by atoms with E-state index in [1.165, 1.54) is 12.8 Å². The van der Waals surface area contributed by atoms with Crippen LogP contribution in [0.4, 0.5) is 0 Å². The van der Waals surface area contributed by atoms with Gasteiger partial charge < -0.3 is 14.8 Å². The number of nitrogens with zero attached hydrogens (tertiary/aromatic N) is 2. The van der Waals surface area contributed by atoms with E-state index in [-0.39, 0.29) is 24.4 Å². The van der Waals surface area contributed by atoms with Crippen LogP contribution in [0.1, 0.15) is 36.0 Å². The third-order valence-electron chi connectivity index (χ3n) is 6.90. The second kappa shape index (κ2) is 8.37. The van der Waals surface area contributed by atoms with E-state index >= 15 is 0 Å². The molecule has 0 saturated carbocycles. The highest BCUT2D eigenvalue weighted by Crippen LogP contribution is 2.38. The van der Waals surface area contributed by atoms with Crippen LogP contribution >= 0.6 is 28.3 Å². The smallest absolute Gasteiger partial charge is 0.254 e. The van der Waals surface area contributed by atoms with Gasteiger partial charge in [0.15, 0.2) is 0 Å². The van der Waals surface area contributed by atoms with E-state index in [1.54, 1.807) is 0 Å². The minimum Gasteiger partial charge on any atom is -0.349 e. The first-order valence-electron chi connectivity index (χ1n) is 10.4. The highest BCUT2D eigenvalue weighted by Gasteiger charge is 2.39. The first-order chi connectivity index (χ1) is 14.0. The van der Waals surface area contributed by atoms with Gasteiger partial charge >= 0.3 is 0 Å². The average molecular weight is 489 g/mol. The molecule has 2 fully saturated rings. The molecule has 3 heterocycles. The number of rotatable bonds is 3. The van der Waals surface area contributed by atoms with Crippen LogP contribution in [0.3, 0.4) is 0 Å². The number of piperidine rings is 1. The molecule has 3 atom stereocenters. The summed E-state index contributed by atoms with van der Waals surface area (Å²) in [6, 6.07) is 17.8. The van der Waals surface area contributed by atoms with Crippen molar-refractivity contribution in [1.82, 2.24) is 14.8 Å². The Hall–Kier alpha value is -1.82. The van der Waals surface area contributed by atoms with Gasteiger partial charge in [0.05, 0.1) is 11.3 Å². The first kappa shape index (κ1) is 21.4. The molecule has 4 nitrogen and oxygen atoms in total. The van der Waals surface area contributed by atoms with E-state index in [1.807, 2.05) is 37.4 Å². The van der Waals surface area contributed by atoms with Crippen molar-refractivity contribution in [2.45, 2.75) is 43.8 Å². The van der Waals surface area contributed by atoms with Crippen molar-refractivity contribution >= 4 is 45.1 Å². The van der Waals surface area contributed by atoms with Crippen molar-refractivity contribution in [3.05, 3.63) is 58.6 Å². The number of aromatic nitrogens is 1. The summed E-state index contributed by atoms with van der Waals surface area (Å²) in [4.78, 5) is 16.1. The Kier molecular flexibility index (Phi) is 5.97. The molecule has 1 aromatic heterocycles. The summed E-state index contributed by atoms with van der Waals surface area (Å²) in [6.45, 7) is 0. The number of para-hydroxylation sites is 1. The summed E-state index contributed by atoms with van der Waals surface area (Å²) in [7, 11) is 4.28. The van der Waals surface area contributed by atoms with Crippen LogP contribution in [-0.2, 0) is 7.05 Å². The van der Waals surface area contributed by atoms with Crippen molar-refractivity contribution in [2.75, 3.05) is 7.05 Å². The molecule has 0 radical (unpaired) electrons. The zero-order valence-corrected chi connectivity index (χ0v) is 19.7. The lowest BCUT2D eigenvalue weighted by Gasteiger charge is -2.36. The van der Waals surface area contributed by atoms with Crippen LogP contribution < -0.4 is 5.32 Å². The van der Waals surface area contributed by atoms with Gasteiger partial charge in [-0.1, -0.05) is 52.3 Å². The van der Waals surface area contributed by atoms with Crippen molar-refractivity contribution in [3.63, 3.8) is 0 Å². The molecule has 0 spiro atoms. The lowest BCUT2D eigenvalue weighted by atomic mass is 9.97. The minimum atomic E-state index is 0. The van der Waals surface area contributed by atoms with Crippen molar-refractivity contribution in [2.24, 2.45) is 7.05 Å². The molecule has 1 N–H and O–H groups in total. The van der Waals surface area contributed by atoms with E-state index in [9.17, 15) is 4.79 Å². The van der Waals surface area contributed by atoms with Crippen molar-refractivity contribution < 1.29 is 4.79 Å². The number of amides is 1. The van der Waals surface area contributed by atoms with Gasteiger partial charge in [-0.05, 0) is 44.9 Å². The van der Waals surface area contributed by atoms with E-state index in [4.69, 9.17) is 0 Å². The molecule has 6 heteroatoms. The van der Waals surface area contributed by atoms with Crippen LogP contribution in [0.25, 0.3) is 22.2 Å². The summed E-state index contributed by atoms with van der Waals surface area (Å²) in [6.07, 6.45) is 4.61. The molecular formula is C24H27BrClN3O. The molecule has 1 amide bonds. The molecule has 30 heavy (non-hydrogen) atoms. The maximum Gasteiger partial charge on any atom is 0.254 e. The third kappa shape index (κ3) is 3.47. The van der Waals surface area contributed by atoms with E-state index in [0.717, 1.165) is 45.0 Å². The predicted molar refractivity (Wildman–Crippen MR) is 128 cm³/mol. The molecule has 3 aromatic rings. The largest absolute Gasteiger partial charge is 0.349 e. The van der Waals surface area contributed by atoms with Gasteiger partial charge in [-0.2, -0.15) is 0 Å². The molecule has 2 aliphatic heterocycles. The second-order valence-corrected chi connectivity index (χ2v) is 9.33. The van der Waals surface area contributed by atoms with Gasteiger partial charge in [-0.25, -0.2) is 0 Å². The lowest BCUT2D eigenvalue weighted by molar-refractivity contribution is 0.0884. The van der Waals surface area contributed by atoms with Gasteiger partial charge in [0.1, 0.15) is 0 Å². The number of nitrogens with one attached hydrogen (secondary N) is 1. The fourth-order valence-electron chi connectivity index (χ4n) is 5.38. The fourth-order valence-corrected chi connectivity index (χ4v) is 5.85. The number of hydrogen-bond acceptors (Lipinski definition) is 2. The summed E-state index contributed by atoms with van der Waals surface area (Å²) in [5.41, 5.74) is 3.86. The molecule has 0 unspecified atom stereocenters. The third-order valence-corrected chi connectivity index (χ3v) is 7.59. The molecule has 5 rings (SSSR count). The number of halogens is 2. The average Bonchev–Trinajstić information content (AvgIpc) is 3.10. The highest BCUT2D eigenvalue weighted by atomic mass is 79.9. The van der Waals surface area contributed by atoms with E-state index in [2.05, 4.69) is 56.0 Å². The summed E-state index contributed by atoms with van der Waals surface area (Å²) >= 11 is 3.69. The maximum atomic E-state index is 13.6. The van der Waals surface area contributed by atoms with E-state index in [0.29, 0.717) is 12.1 Å². The second-order valence-electron chi connectivity index (χ2n) is 8.47. The molecule has 0 aliphatic carbocycles. The lowest BCUT2D eigenvalue weighted by Crippen LogP contribution is -2.48.